The maximum absolute atomic E-state index is 13.2. The lowest BCUT2D eigenvalue weighted by Gasteiger charge is -2.24. The molecule has 0 saturated carbocycles. The van der Waals surface area contributed by atoms with Gasteiger partial charge in [0.2, 0.25) is 0 Å². The monoisotopic (exact) mass is 270 g/mol. The fourth-order valence-corrected chi connectivity index (χ4v) is 1.81. The highest BCUT2D eigenvalue weighted by Crippen LogP contribution is 2.12. The number of nitrogens with zero attached hydrogens (tertiary/aromatic N) is 1. The van der Waals surface area contributed by atoms with Crippen LogP contribution >= 0.6 is 0 Å². The zero-order valence-corrected chi connectivity index (χ0v) is 11.3. The highest BCUT2D eigenvalue weighted by Gasteiger charge is 2.17. The summed E-state index contributed by atoms with van der Waals surface area (Å²) in [6, 6.07) is 3.21. The lowest BCUT2D eigenvalue weighted by molar-refractivity contribution is 0.0734. The quantitative estimate of drug-likeness (QED) is 0.863. The van der Waals surface area contributed by atoms with Crippen molar-refractivity contribution in [3.63, 3.8) is 0 Å². The molecule has 1 aromatic rings. The van der Waals surface area contributed by atoms with Crippen LogP contribution in [0.4, 0.5) is 8.78 Å². The summed E-state index contributed by atoms with van der Waals surface area (Å²) < 4.78 is 26.0. The van der Waals surface area contributed by atoms with Gasteiger partial charge in [-0.2, -0.15) is 0 Å². The van der Waals surface area contributed by atoms with Crippen LogP contribution in [-0.2, 0) is 0 Å². The minimum Gasteiger partial charge on any atom is -0.338 e. The molecule has 0 radical (unpaired) electrons. The Morgan fingerprint density at radius 1 is 1.32 bits per heavy atom. The number of hydrogen-bond donors (Lipinski definition) is 1. The molecule has 5 heteroatoms. The van der Waals surface area contributed by atoms with Crippen molar-refractivity contribution in [3.05, 3.63) is 35.4 Å². The SMILES string of the molecule is CC(C)CN(CCCN)C(=O)c1ccc(F)c(F)c1. The first-order valence-corrected chi connectivity index (χ1v) is 6.40. The lowest BCUT2D eigenvalue weighted by Crippen LogP contribution is -2.36. The molecule has 0 aliphatic carbocycles. The van der Waals surface area contributed by atoms with E-state index in [1.807, 2.05) is 13.8 Å². The van der Waals surface area contributed by atoms with Crippen LogP contribution < -0.4 is 5.73 Å². The molecular formula is C14H20F2N2O. The Balaban J connectivity index is 2.87. The second-order valence-corrected chi connectivity index (χ2v) is 4.92. The Kier molecular flexibility index (Phi) is 5.89. The summed E-state index contributed by atoms with van der Waals surface area (Å²) in [7, 11) is 0. The predicted octanol–water partition coefficient (Wildman–Crippen LogP) is 2.41. The van der Waals surface area contributed by atoms with Crippen LogP contribution in [0.2, 0.25) is 0 Å². The van der Waals surface area contributed by atoms with E-state index in [2.05, 4.69) is 0 Å². The van der Waals surface area contributed by atoms with Gasteiger partial charge in [0.15, 0.2) is 11.6 Å². The predicted molar refractivity (Wildman–Crippen MR) is 70.8 cm³/mol. The Bertz CT molecular complexity index is 435. The summed E-state index contributed by atoms with van der Waals surface area (Å²) in [5, 5.41) is 0. The van der Waals surface area contributed by atoms with Crippen LogP contribution in [0.3, 0.4) is 0 Å². The smallest absolute Gasteiger partial charge is 0.253 e. The molecule has 0 aliphatic rings. The van der Waals surface area contributed by atoms with Gasteiger partial charge >= 0.3 is 0 Å². The van der Waals surface area contributed by atoms with Crippen LogP contribution in [0.1, 0.15) is 30.6 Å². The van der Waals surface area contributed by atoms with Crippen molar-refractivity contribution in [1.82, 2.24) is 4.90 Å². The molecule has 1 amide bonds. The largest absolute Gasteiger partial charge is 0.338 e. The Morgan fingerprint density at radius 3 is 2.53 bits per heavy atom. The number of carbonyl (C=O) groups is 1. The van der Waals surface area contributed by atoms with Gasteiger partial charge in [-0.25, -0.2) is 8.78 Å². The van der Waals surface area contributed by atoms with Crippen LogP contribution in [-0.4, -0.2) is 30.4 Å². The first-order valence-electron chi connectivity index (χ1n) is 6.40. The summed E-state index contributed by atoms with van der Waals surface area (Å²) in [5.41, 5.74) is 5.61. The van der Waals surface area contributed by atoms with Gasteiger partial charge in [0.25, 0.3) is 5.91 Å². The standard InChI is InChI=1S/C14H20F2N2O/c1-10(2)9-18(7-3-6-17)14(19)11-4-5-12(15)13(16)8-11/h4-5,8,10H,3,6-7,9,17H2,1-2H3. The van der Waals surface area contributed by atoms with Gasteiger partial charge < -0.3 is 10.6 Å². The molecule has 0 spiro atoms. The molecular weight excluding hydrogens is 250 g/mol. The molecule has 0 bridgehead atoms. The third-order valence-corrected chi connectivity index (χ3v) is 2.67. The highest BCUT2D eigenvalue weighted by atomic mass is 19.2. The molecule has 0 aliphatic heterocycles. The molecule has 0 atom stereocenters. The maximum atomic E-state index is 13.2. The number of carbonyl (C=O) groups excluding carboxylic acids is 1. The molecule has 0 heterocycles. The third kappa shape index (κ3) is 4.59. The molecule has 0 unspecified atom stereocenters. The molecule has 0 saturated heterocycles. The number of halogens is 2. The minimum atomic E-state index is -1.01. The average Bonchev–Trinajstić information content (AvgIpc) is 2.36. The fourth-order valence-electron chi connectivity index (χ4n) is 1.81. The van der Waals surface area contributed by atoms with Crippen molar-refractivity contribution in [3.8, 4) is 0 Å². The Hall–Kier alpha value is -1.49. The first kappa shape index (κ1) is 15.6. The van der Waals surface area contributed by atoms with E-state index in [9.17, 15) is 13.6 Å². The average molecular weight is 270 g/mol. The van der Waals surface area contributed by atoms with Crippen molar-refractivity contribution in [2.45, 2.75) is 20.3 Å². The van der Waals surface area contributed by atoms with E-state index in [0.717, 1.165) is 12.1 Å². The van der Waals surface area contributed by atoms with Gasteiger partial charge in [0.1, 0.15) is 0 Å². The number of hydrogen-bond acceptors (Lipinski definition) is 2. The minimum absolute atomic E-state index is 0.163. The van der Waals surface area contributed by atoms with E-state index in [4.69, 9.17) is 5.73 Å². The molecule has 2 N–H and O–H groups in total. The van der Waals surface area contributed by atoms with E-state index >= 15 is 0 Å². The molecule has 19 heavy (non-hydrogen) atoms. The lowest BCUT2D eigenvalue weighted by atomic mass is 10.1. The van der Waals surface area contributed by atoms with Gasteiger partial charge in [-0.3, -0.25) is 4.79 Å². The van der Waals surface area contributed by atoms with Crippen LogP contribution in [0.15, 0.2) is 18.2 Å². The molecule has 1 aromatic carbocycles. The summed E-state index contributed by atoms with van der Waals surface area (Å²) in [5.74, 6) is -1.95. The van der Waals surface area contributed by atoms with Crippen LogP contribution in [0.5, 0.6) is 0 Å². The molecule has 106 valence electrons. The van der Waals surface area contributed by atoms with E-state index in [-0.39, 0.29) is 11.5 Å². The zero-order valence-electron chi connectivity index (χ0n) is 11.3. The summed E-state index contributed by atoms with van der Waals surface area (Å²) in [4.78, 5) is 13.9. The van der Waals surface area contributed by atoms with Crippen LogP contribution in [0, 0.1) is 17.6 Å². The fraction of sp³-hybridized carbons (Fsp3) is 0.500. The zero-order chi connectivity index (χ0) is 14.4. The summed E-state index contributed by atoms with van der Waals surface area (Å²) in [6.45, 7) is 5.56. The van der Waals surface area contributed by atoms with Gasteiger partial charge in [0, 0.05) is 18.7 Å². The first-order chi connectivity index (χ1) is 8.95. The molecule has 3 nitrogen and oxygen atoms in total. The summed E-state index contributed by atoms with van der Waals surface area (Å²) >= 11 is 0. The van der Waals surface area contributed by atoms with Crippen molar-refractivity contribution in [2.24, 2.45) is 11.7 Å². The second-order valence-electron chi connectivity index (χ2n) is 4.92. The third-order valence-electron chi connectivity index (χ3n) is 2.67. The maximum Gasteiger partial charge on any atom is 0.253 e. The molecule has 0 fully saturated rings. The molecule has 1 rings (SSSR count). The van der Waals surface area contributed by atoms with E-state index in [1.54, 1.807) is 4.90 Å². The van der Waals surface area contributed by atoms with E-state index in [1.165, 1.54) is 6.07 Å². The molecule has 0 aromatic heterocycles. The topological polar surface area (TPSA) is 46.3 Å². The number of amides is 1. The Labute approximate surface area is 112 Å². The van der Waals surface area contributed by atoms with Gasteiger partial charge in [-0.1, -0.05) is 13.8 Å². The number of benzene rings is 1. The normalized spacial score (nSPS) is 10.8. The van der Waals surface area contributed by atoms with Crippen molar-refractivity contribution in [1.29, 1.82) is 0 Å². The highest BCUT2D eigenvalue weighted by molar-refractivity contribution is 5.94. The van der Waals surface area contributed by atoms with E-state index < -0.39 is 11.6 Å². The van der Waals surface area contributed by atoms with Gasteiger partial charge in [0.05, 0.1) is 0 Å². The van der Waals surface area contributed by atoms with Gasteiger partial charge in [-0.15, -0.1) is 0 Å². The number of rotatable bonds is 6. The van der Waals surface area contributed by atoms with E-state index in [0.29, 0.717) is 32.0 Å². The van der Waals surface area contributed by atoms with Crippen molar-refractivity contribution in [2.75, 3.05) is 19.6 Å². The van der Waals surface area contributed by atoms with Crippen LogP contribution in [0.25, 0.3) is 0 Å². The summed E-state index contributed by atoms with van der Waals surface area (Å²) in [6.07, 6.45) is 0.683. The van der Waals surface area contributed by atoms with Crippen molar-refractivity contribution < 1.29 is 13.6 Å². The number of nitrogens with two attached hydrogens (primary N) is 1. The second kappa shape index (κ2) is 7.19. The van der Waals surface area contributed by atoms with Gasteiger partial charge in [-0.05, 0) is 37.1 Å². The Morgan fingerprint density at radius 2 is 2.00 bits per heavy atom. The van der Waals surface area contributed by atoms with Crippen molar-refractivity contribution >= 4 is 5.91 Å².